The molecule has 3 aromatic carbocycles. The number of nitrogens with one attached hydrogen (secondary N) is 1. The van der Waals surface area contributed by atoms with E-state index in [2.05, 4.69) is 21.1 Å². The van der Waals surface area contributed by atoms with Gasteiger partial charge in [-0.15, -0.1) is 5.92 Å². The Hall–Kier alpha value is -3.48. The van der Waals surface area contributed by atoms with Crippen LogP contribution >= 0.6 is 23.2 Å². The number of halogens is 2. The molecule has 0 aliphatic heterocycles. The van der Waals surface area contributed by atoms with Gasteiger partial charge in [-0.3, -0.25) is 4.79 Å². The second-order valence-corrected chi connectivity index (χ2v) is 11.4. The third-order valence-corrected chi connectivity index (χ3v) is 8.27. The standard InChI is InChI=1S/C29H26Cl2N2O5S/c1-3-4-15-38-23-10-12-24(13-11-23)39(36,37)32-27(29(34)35)17-25-19(2)33(18-20-5-7-21(30)8-6-20)28-14-9-22(31)16-26(25)28/h5-14,16,27,32H,15,17-18H2,1-2H3,(H,34,35)/t27-/m0/s1. The Balaban J connectivity index is 1.64. The van der Waals surface area contributed by atoms with Crippen LogP contribution in [0.2, 0.25) is 10.0 Å². The monoisotopic (exact) mass is 584 g/mol. The fourth-order valence-electron chi connectivity index (χ4n) is 4.30. The first-order chi connectivity index (χ1) is 18.6. The second-order valence-electron chi connectivity index (χ2n) is 8.84. The van der Waals surface area contributed by atoms with E-state index in [1.807, 2.05) is 37.3 Å². The number of rotatable bonds is 10. The Morgan fingerprint density at radius 2 is 1.72 bits per heavy atom. The van der Waals surface area contributed by atoms with Gasteiger partial charge in [-0.2, -0.15) is 4.72 Å². The molecular weight excluding hydrogens is 559 g/mol. The minimum Gasteiger partial charge on any atom is -0.481 e. The summed E-state index contributed by atoms with van der Waals surface area (Å²) in [5, 5.41) is 11.9. The highest BCUT2D eigenvalue weighted by atomic mass is 35.5. The number of aliphatic carboxylic acids is 1. The van der Waals surface area contributed by atoms with Gasteiger partial charge in [-0.05, 0) is 79.6 Å². The van der Waals surface area contributed by atoms with Gasteiger partial charge in [0.1, 0.15) is 18.4 Å². The summed E-state index contributed by atoms with van der Waals surface area (Å²) in [4.78, 5) is 12.2. The maximum atomic E-state index is 13.1. The Bertz CT molecular complexity index is 1670. The van der Waals surface area contributed by atoms with Crippen LogP contribution in [-0.4, -0.2) is 36.7 Å². The van der Waals surface area contributed by atoms with Gasteiger partial charge in [0, 0.05) is 39.6 Å². The van der Waals surface area contributed by atoms with Crippen molar-refractivity contribution in [3.8, 4) is 17.6 Å². The normalized spacial score (nSPS) is 12.1. The second kappa shape index (κ2) is 12.1. The highest BCUT2D eigenvalue weighted by Gasteiger charge is 2.28. The highest BCUT2D eigenvalue weighted by molar-refractivity contribution is 7.89. The average Bonchev–Trinajstić information content (AvgIpc) is 3.15. The van der Waals surface area contributed by atoms with Crippen molar-refractivity contribution in [3.63, 3.8) is 0 Å². The Morgan fingerprint density at radius 1 is 1.05 bits per heavy atom. The largest absolute Gasteiger partial charge is 0.481 e. The van der Waals surface area contributed by atoms with Crippen molar-refractivity contribution in [2.45, 2.75) is 37.8 Å². The van der Waals surface area contributed by atoms with Gasteiger partial charge in [0.15, 0.2) is 0 Å². The number of benzene rings is 3. The van der Waals surface area contributed by atoms with Crippen molar-refractivity contribution < 1.29 is 23.1 Å². The van der Waals surface area contributed by atoms with Crippen LogP contribution in [0, 0.1) is 18.8 Å². The number of aromatic nitrogens is 1. The van der Waals surface area contributed by atoms with Crippen molar-refractivity contribution in [2.75, 3.05) is 6.61 Å². The van der Waals surface area contributed by atoms with Crippen LogP contribution in [-0.2, 0) is 27.8 Å². The van der Waals surface area contributed by atoms with Crippen LogP contribution in [0.5, 0.6) is 5.75 Å². The first-order valence-electron chi connectivity index (χ1n) is 12.0. The molecule has 0 saturated heterocycles. The molecule has 4 aromatic rings. The lowest BCUT2D eigenvalue weighted by molar-refractivity contribution is -0.138. The molecule has 7 nitrogen and oxygen atoms in total. The number of hydrogen-bond acceptors (Lipinski definition) is 4. The number of ether oxygens (including phenoxy) is 1. The van der Waals surface area contributed by atoms with Gasteiger partial charge >= 0.3 is 5.97 Å². The fourth-order valence-corrected chi connectivity index (χ4v) is 5.79. The molecule has 0 unspecified atom stereocenters. The van der Waals surface area contributed by atoms with E-state index < -0.39 is 22.0 Å². The quantitative estimate of drug-likeness (QED) is 0.234. The number of carboxylic acids is 1. The topological polar surface area (TPSA) is 97.6 Å². The first kappa shape index (κ1) is 28.5. The maximum absolute atomic E-state index is 13.1. The average molecular weight is 586 g/mol. The van der Waals surface area contributed by atoms with Gasteiger partial charge in [0.25, 0.3) is 0 Å². The lowest BCUT2D eigenvalue weighted by atomic mass is 10.0. The number of nitrogens with zero attached hydrogens (tertiary/aromatic N) is 1. The van der Waals surface area contributed by atoms with Gasteiger partial charge < -0.3 is 14.4 Å². The van der Waals surface area contributed by atoms with Crippen LogP contribution in [0.3, 0.4) is 0 Å². The van der Waals surface area contributed by atoms with E-state index in [0.29, 0.717) is 27.9 Å². The van der Waals surface area contributed by atoms with E-state index in [1.54, 1.807) is 19.1 Å². The van der Waals surface area contributed by atoms with Gasteiger partial charge in [-0.1, -0.05) is 41.3 Å². The molecule has 0 aliphatic carbocycles. The summed E-state index contributed by atoms with van der Waals surface area (Å²) in [6.45, 7) is 4.27. The zero-order valence-corrected chi connectivity index (χ0v) is 23.6. The van der Waals surface area contributed by atoms with Gasteiger partial charge in [0.2, 0.25) is 10.0 Å². The molecule has 1 heterocycles. The molecule has 0 bridgehead atoms. The molecule has 0 aliphatic rings. The van der Waals surface area contributed by atoms with Crippen LogP contribution in [0.4, 0.5) is 0 Å². The Morgan fingerprint density at radius 3 is 2.36 bits per heavy atom. The predicted molar refractivity (Wildman–Crippen MR) is 153 cm³/mol. The Labute approximate surface area is 237 Å². The lowest BCUT2D eigenvalue weighted by Gasteiger charge is -2.16. The number of carboxylic acid groups (broad SMARTS) is 1. The van der Waals surface area contributed by atoms with E-state index in [1.165, 1.54) is 24.3 Å². The summed E-state index contributed by atoms with van der Waals surface area (Å²) in [6.07, 6.45) is -0.0816. The summed E-state index contributed by atoms with van der Waals surface area (Å²) >= 11 is 12.3. The van der Waals surface area contributed by atoms with Crippen LogP contribution < -0.4 is 9.46 Å². The molecule has 0 spiro atoms. The third kappa shape index (κ3) is 6.75. The van der Waals surface area contributed by atoms with Crippen LogP contribution in [0.25, 0.3) is 10.9 Å². The molecule has 39 heavy (non-hydrogen) atoms. The number of hydrogen-bond donors (Lipinski definition) is 2. The SMILES string of the molecule is CC#CCOc1ccc(S(=O)(=O)N[C@@H](Cc2c(C)n(Cc3ccc(Cl)cc3)c3ccc(Cl)cc23)C(=O)O)cc1. The molecule has 4 rings (SSSR count). The smallest absolute Gasteiger partial charge is 0.322 e. The van der Waals surface area contributed by atoms with Crippen molar-refractivity contribution >= 4 is 50.1 Å². The first-order valence-corrected chi connectivity index (χ1v) is 14.2. The van der Waals surface area contributed by atoms with E-state index in [0.717, 1.165) is 22.2 Å². The molecule has 0 fully saturated rings. The maximum Gasteiger partial charge on any atom is 0.322 e. The van der Waals surface area contributed by atoms with Crippen molar-refractivity contribution in [1.29, 1.82) is 0 Å². The van der Waals surface area contributed by atoms with Gasteiger partial charge in [0.05, 0.1) is 4.90 Å². The summed E-state index contributed by atoms with van der Waals surface area (Å²) in [7, 11) is -4.15. The molecule has 10 heteroatoms. The number of carbonyl (C=O) groups is 1. The number of fused-ring (bicyclic) bond motifs is 1. The summed E-state index contributed by atoms with van der Waals surface area (Å²) in [6, 6.07) is 17.2. The zero-order valence-electron chi connectivity index (χ0n) is 21.2. The van der Waals surface area contributed by atoms with E-state index >= 15 is 0 Å². The predicted octanol–water partition coefficient (Wildman–Crippen LogP) is 5.68. The van der Waals surface area contributed by atoms with Crippen LogP contribution in [0.1, 0.15) is 23.7 Å². The molecule has 1 aromatic heterocycles. The minimum absolute atomic E-state index is 0.0763. The summed E-state index contributed by atoms with van der Waals surface area (Å²) in [5.74, 6) is 4.62. The third-order valence-electron chi connectivity index (χ3n) is 6.30. The van der Waals surface area contributed by atoms with Crippen molar-refractivity contribution in [1.82, 2.24) is 9.29 Å². The van der Waals surface area contributed by atoms with E-state index in [9.17, 15) is 18.3 Å². The number of sulfonamides is 1. The highest BCUT2D eigenvalue weighted by Crippen LogP contribution is 2.31. The summed E-state index contributed by atoms with van der Waals surface area (Å²) in [5.41, 5.74) is 3.37. The van der Waals surface area contributed by atoms with Crippen molar-refractivity contribution in [3.05, 3.63) is 93.6 Å². The van der Waals surface area contributed by atoms with Crippen molar-refractivity contribution in [2.24, 2.45) is 0 Å². The fraction of sp³-hybridized carbons (Fsp3) is 0.207. The molecule has 202 valence electrons. The summed E-state index contributed by atoms with van der Waals surface area (Å²) < 4.78 is 36.1. The van der Waals surface area contributed by atoms with E-state index in [4.69, 9.17) is 27.9 Å². The van der Waals surface area contributed by atoms with Gasteiger partial charge in [-0.25, -0.2) is 8.42 Å². The molecule has 1 atom stereocenters. The molecular formula is C29H26Cl2N2O5S. The molecule has 2 N–H and O–H groups in total. The zero-order chi connectivity index (χ0) is 28.2. The molecule has 0 amide bonds. The molecule has 0 radical (unpaired) electrons. The van der Waals surface area contributed by atoms with Crippen LogP contribution in [0.15, 0.2) is 71.6 Å². The minimum atomic E-state index is -4.15. The lowest BCUT2D eigenvalue weighted by Crippen LogP contribution is -2.42. The molecule has 0 saturated carbocycles. The van der Waals surface area contributed by atoms with E-state index in [-0.39, 0.29) is 17.9 Å². The Kier molecular flexibility index (Phi) is 8.88.